The van der Waals surface area contributed by atoms with Gasteiger partial charge in [-0.3, -0.25) is 9.48 Å². The van der Waals surface area contributed by atoms with Gasteiger partial charge >= 0.3 is 5.97 Å². The van der Waals surface area contributed by atoms with Crippen molar-refractivity contribution in [3.63, 3.8) is 0 Å². The van der Waals surface area contributed by atoms with E-state index in [1.54, 1.807) is 10.9 Å². The first-order valence-corrected chi connectivity index (χ1v) is 11.2. The molecule has 0 spiro atoms. The molecule has 0 aliphatic carbocycles. The molecule has 1 aliphatic heterocycles. The number of phenols is 1. The van der Waals surface area contributed by atoms with Gasteiger partial charge < -0.3 is 19.5 Å². The normalized spacial score (nSPS) is 15.1. The zero-order chi connectivity index (χ0) is 23.8. The largest absolute Gasteiger partial charge is 0.507 e. The van der Waals surface area contributed by atoms with E-state index >= 15 is 0 Å². The first-order chi connectivity index (χ1) is 16.4. The van der Waals surface area contributed by atoms with E-state index in [2.05, 4.69) is 10.3 Å². The van der Waals surface area contributed by atoms with Crippen LogP contribution in [0.25, 0.3) is 33.6 Å². The fourth-order valence-electron chi connectivity index (χ4n) is 4.15. The quantitative estimate of drug-likeness (QED) is 0.299. The molecule has 1 saturated heterocycles. The Morgan fingerprint density at radius 1 is 1.18 bits per heavy atom. The van der Waals surface area contributed by atoms with Crippen LogP contribution in [0.2, 0.25) is 0 Å². The van der Waals surface area contributed by atoms with Gasteiger partial charge in [0.05, 0.1) is 11.8 Å². The van der Waals surface area contributed by atoms with E-state index in [1.807, 2.05) is 42.2 Å². The maximum absolute atomic E-state index is 12.0. The monoisotopic (exact) mass is 460 g/mol. The van der Waals surface area contributed by atoms with Gasteiger partial charge in [-0.25, -0.2) is 4.79 Å². The van der Waals surface area contributed by atoms with Gasteiger partial charge in [0.2, 0.25) is 5.91 Å². The third-order valence-corrected chi connectivity index (χ3v) is 6.08. The Hall–Kier alpha value is -4.14. The number of amides is 1. The predicted molar refractivity (Wildman–Crippen MR) is 124 cm³/mol. The number of benzene rings is 2. The van der Waals surface area contributed by atoms with Crippen LogP contribution >= 0.6 is 0 Å². The number of hydrogen-bond donors (Lipinski definition) is 2. The minimum absolute atomic E-state index is 0.196. The third kappa shape index (κ3) is 4.12. The van der Waals surface area contributed by atoms with Crippen LogP contribution in [0.3, 0.4) is 0 Å². The van der Waals surface area contributed by atoms with Crippen molar-refractivity contribution in [1.82, 2.24) is 19.9 Å². The summed E-state index contributed by atoms with van der Waals surface area (Å²) in [6.07, 6.45) is 3.87. The molecule has 1 amide bonds. The summed E-state index contributed by atoms with van der Waals surface area (Å²) < 4.78 is 7.77. The molecule has 174 valence electrons. The number of aromatic carboxylic acids is 1. The molecule has 0 saturated carbocycles. The third-order valence-electron chi connectivity index (χ3n) is 6.08. The van der Waals surface area contributed by atoms with Crippen LogP contribution in [0.5, 0.6) is 5.75 Å². The standard InChI is InChI=1S/C25H24N4O5/c1-15-13-29(15)22(31)9-5-6-10-28-14-19(26-27-28)23-18-11-17(25(32)33)20(30)12-21(18)34-24(23)16-7-3-2-4-8-16/h2-4,7-8,11-12,14-15,30H,5-6,9-10,13H2,1H3,(H,32,33). The van der Waals surface area contributed by atoms with E-state index in [0.717, 1.165) is 24.9 Å². The smallest absolute Gasteiger partial charge is 0.339 e. The van der Waals surface area contributed by atoms with Gasteiger partial charge in [0.1, 0.15) is 28.4 Å². The van der Waals surface area contributed by atoms with Gasteiger partial charge in [0.25, 0.3) is 0 Å². The number of carboxylic acid groups (broad SMARTS) is 1. The van der Waals surface area contributed by atoms with E-state index in [0.29, 0.717) is 47.0 Å². The Morgan fingerprint density at radius 3 is 2.65 bits per heavy atom. The summed E-state index contributed by atoms with van der Waals surface area (Å²) in [6.45, 7) is 3.50. The highest BCUT2D eigenvalue weighted by Gasteiger charge is 2.33. The zero-order valence-electron chi connectivity index (χ0n) is 18.6. The molecule has 5 rings (SSSR count). The van der Waals surface area contributed by atoms with Crippen LogP contribution in [-0.2, 0) is 11.3 Å². The summed E-state index contributed by atoms with van der Waals surface area (Å²) in [5.41, 5.74) is 2.08. The van der Waals surface area contributed by atoms with Crippen molar-refractivity contribution in [2.45, 2.75) is 38.8 Å². The average Bonchev–Trinajstić information content (AvgIpc) is 3.22. The van der Waals surface area contributed by atoms with Crippen molar-refractivity contribution in [2.24, 2.45) is 0 Å². The highest BCUT2D eigenvalue weighted by molar-refractivity contribution is 6.05. The van der Waals surface area contributed by atoms with Gasteiger partial charge in [0, 0.05) is 42.6 Å². The molecule has 2 aromatic carbocycles. The topological polar surface area (TPSA) is 121 Å². The number of aryl methyl sites for hydroxylation is 1. The Kier molecular flexibility index (Phi) is 5.53. The average molecular weight is 460 g/mol. The summed E-state index contributed by atoms with van der Waals surface area (Å²) >= 11 is 0. The lowest BCUT2D eigenvalue weighted by Gasteiger charge is -2.03. The highest BCUT2D eigenvalue weighted by Crippen LogP contribution is 2.42. The summed E-state index contributed by atoms with van der Waals surface area (Å²) in [4.78, 5) is 25.5. The Labute approximate surface area is 195 Å². The second-order valence-corrected chi connectivity index (χ2v) is 8.56. The lowest BCUT2D eigenvalue weighted by Crippen LogP contribution is -2.12. The minimum Gasteiger partial charge on any atom is -0.507 e. The fraction of sp³-hybridized carbons (Fsp3) is 0.280. The van der Waals surface area contributed by atoms with E-state index in [1.165, 1.54) is 12.1 Å². The fourth-order valence-corrected chi connectivity index (χ4v) is 4.15. The number of fused-ring (bicyclic) bond motifs is 1. The van der Waals surface area contributed by atoms with Crippen molar-refractivity contribution in [2.75, 3.05) is 6.54 Å². The molecule has 1 aliphatic rings. The number of carboxylic acids is 1. The minimum atomic E-state index is -1.23. The zero-order valence-corrected chi connectivity index (χ0v) is 18.6. The number of rotatable bonds is 8. The first kappa shape index (κ1) is 21.7. The number of nitrogens with zero attached hydrogens (tertiary/aromatic N) is 4. The molecule has 34 heavy (non-hydrogen) atoms. The van der Waals surface area contributed by atoms with Crippen LogP contribution in [0, 0.1) is 0 Å². The molecule has 2 N–H and O–H groups in total. The van der Waals surface area contributed by atoms with Crippen LogP contribution in [0.15, 0.2) is 53.1 Å². The molecular weight excluding hydrogens is 436 g/mol. The lowest BCUT2D eigenvalue weighted by atomic mass is 10.0. The van der Waals surface area contributed by atoms with E-state index < -0.39 is 5.97 Å². The number of aromatic hydroxyl groups is 1. The summed E-state index contributed by atoms with van der Waals surface area (Å²) in [5.74, 6) is -0.887. The van der Waals surface area contributed by atoms with Crippen molar-refractivity contribution >= 4 is 22.8 Å². The SMILES string of the molecule is CC1CN1C(=O)CCCCn1cc(-c2c(-c3ccccc3)oc3cc(O)c(C(=O)O)cc23)nn1. The number of carbonyl (C=O) groups excluding carboxylic acids is 1. The number of aromatic nitrogens is 3. The molecule has 1 fully saturated rings. The molecule has 0 radical (unpaired) electrons. The highest BCUT2D eigenvalue weighted by atomic mass is 16.4. The second-order valence-electron chi connectivity index (χ2n) is 8.56. The van der Waals surface area contributed by atoms with Gasteiger partial charge in [0.15, 0.2) is 0 Å². The van der Waals surface area contributed by atoms with Crippen LogP contribution in [0.1, 0.15) is 36.5 Å². The molecular formula is C25H24N4O5. The van der Waals surface area contributed by atoms with Crippen molar-refractivity contribution in [3.05, 3.63) is 54.2 Å². The van der Waals surface area contributed by atoms with Crippen molar-refractivity contribution in [3.8, 4) is 28.3 Å². The predicted octanol–water partition coefficient (Wildman–Crippen LogP) is 4.16. The molecule has 9 nitrogen and oxygen atoms in total. The Morgan fingerprint density at radius 2 is 1.94 bits per heavy atom. The molecule has 2 aromatic heterocycles. The molecule has 0 bridgehead atoms. The Balaban J connectivity index is 1.44. The lowest BCUT2D eigenvalue weighted by molar-refractivity contribution is -0.126. The summed E-state index contributed by atoms with van der Waals surface area (Å²) in [6, 6.07) is 12.5. The van der Waals surface area contributed by atoms with Crippen molar-refractivity contribution in [1.29, 1.82) is 0 Å². The molecule has 9 heteroatoms. The summed E-state index contributed by atoms with van der Waals surface area (Å²) in [7, 11) is 0. The number of carbonyl (C=O) groups is 2. The van der Waals surface area contributed by atoms with Crippen LogP contribution < -0.4 is 0 Å². The second kappa shape index (κ2) is 8.66. The maximum atomic E-state index is 12.0. The molecule has 4 aromatic rings. The first-order valence-electron chi connectivity index (χ1n) is 11.2. The number of unbranched alkanes of at least 4 members (excludes halogenated alkanes) is 1. The maximum Gasteiger partial charge on any atom is 0.339 e. The molecule has 1 unspecified atom stereocenters. The van der Waals surface area contributed by atoms with Gasteiger partial charge in [-0.1, -0.05) is 35.5 Å². The Bertz CT molecular complexity index is 1370. The summed E-state index contributed by atoms with van der Waals surface area (Å²) in [5, 5.41) is 28.7. The van der Waals surface area contributed by atoms with Gasteiger partial charge in [-0.15, -0.1) is 5.10 Å². The van der Waals surface area contributed by atoms with E-state index in [4.69, 9.17) is 4.42 Å². The molecule has 1 atom stereocenters. The van der Waals surface area contributed by atoms with Gasteiger partial charge in [-0.05, 0) is 25.8 Å². The van der Waals surface area contributed by atoms with Crippen LogP contribution in [0.4, 0.5) is 0 Å². The van der Waals surface area contributed by atoms with E-state index in [-0.39, 0.29) is 17.2 Å². The number of furan rings is 1. The molecule has 3 heterocycles. The van der Waals surface area contributed by atoms with Crippen LogP contribution in [-0.4, -0.2) is 54.6 Å². The number of hydrogen-bond acceptors (Lipinski definition) is 6. The van der Waals surface area contributed by atoms with E-state index in [9.17, 15) is 19.8 Å². The van der Waals surface area contributed by atoms with Crippen molar-refractivity contribution < 1.29 is 24.2 Å². The van der Waals surface area contributed by atoms with Gasteiger partial charge in [-0.2, -0.15) is 0 Å².